The molecule has 11 nitrogen and oxygen atoms in total. The minimum absolute atomic E-state index is 0.0291. The van der Waals surface area contributed by atoms with E-state index in [2.05, 4.69) is 15.1 Å². The van der Waals surface area contributed by atoms with E-state index >= 15 is 0 Å². The first kappa shape index (κ1) is 31.1. The maximum absolute atomic E-state index is 14.1. The fourth-order valence-electron chi connectivity index (χ4n) is 5.78. The molecule has 246 valence electrons. The molecule has 1 aliphatic rings. The Morgan fingerprint density at radius 3 is 2.29 bits per heavy atom. The average Bonchev–Trinajstić information content (AvgIpc) is 3.77. The predicted octanol–water partition coefficient (Wildman–Crippen LogP) is 5.10. The number of fused-ring (bicyclic) bond motifs is 2. The quantitative estimate of drug-likeness (QED) is 0.184. The molecule has 1 fully saturated rings. The number of carbonyl (C=O) groups excluding carboxylic acids is 2. The third-order valence-electron chi connectivity index (χ3n) is 8.28. The molecule has 1 aliphatic heterocycles. The lowest BCUT2D eigenvalue weighted by atomic mass is 10.1. The Hall–Kier alpha value is -5.51. The fourth-order valence-corrected chi connectivity index (χ4v) is 7.29. The Balaban J connectivity index is 1.34. The van der Waals surface area contributed by atoms with Gasteiger partial charge in [-0.15, -0.1) is 0 Å². The number of nitrogens with two attached hydrogens (primary N) is 1. The number of hydrogen-bond acceptors (Lipinski definition) is 7. The number of imidazole rings is 1. The number of H-pyrrole nitrogens is 1. The number of aryl methyl sites for hydroxylation is 2. The highest BCUT2D eigenvalue weighted by molar-refractivity contribution is 7.90. The standard InChI is InChI=1S/C32H25F4N7O4S/c1-17-3-7-22(8-4-17)48(46,47)43-26-10-5-19(30(45)41-15-31(33,34)32(35,36)16-41)11-20(26)12-27(43)28(44)23-14-38-42(29(23)37)21-6-9-24-25(13-21)40-18(2)39-24/h3-14H,15-16,37H2,1-2H3,(H,39,40). The summed E-state index contributed by atoms with van der Waals surface area (Å²) < 4.78 is 85.8. The van der Waals surface area contributed by atoms with Gasteiger partial charge in [-0.3, -0.25) is 9.59 Å². The van der Waals surface area contributed by atoms with Crippen LogP contribution in [0.5, 0.6) is 0 Å². The molecule has 0 bridgehead atoms. The molecule has 7 rings (SSSR count). The highest BCUT2D eigenvalue weighted by atomic mass is 32.2. The Kier molecular flexibility index (Phi) is 6.80. The first-order valence-electron chi connectivity index (χ1n) is 14.4. The van der Waals surface area contributed by atoms with E-state index < -0.39 is 46.6 Å². The molecular weight excluding hydrogens is 654 g/mol. The molecule has 0 aliphatic carbocycles. The van der Waals surface area contributed by atoms with Gasteiger partial charge in [-0.05, 0) is 68.4 Å². The second-order valence-electron chi connectivity index (χ2n) is 11.7. The summed E-state index contributed by atoms with van der Waals surface area (Å²) in [6.45, 7) is 0.594. The summed E-state index contributed by atoms with van der Waals surface area (Å²) in [5.41, 5.74) is 8.32. The topological polar surface area (TPSA) is 149 Å². The summed E-state index contributed by atoms with van der Waals surface area (Å²) >= 11 is 0. The lowest BCUT2D eigenvalue weighted by Crippen LogP contribution is -2.38. The number of carbonyl (C=O) groups is 2. The number of hydrogen-bond donors (Lipinski definition) is 2. The van der Waals surface area contributed by atoms with Gasteiger partial charge in [0.05, 0.1) is 52.0 Å². The number of ketones is 1. The molecule has 4 heterocycles. The fraction of sp³-hybridized carbons (Fsp3) is 0.188. The van der Waals surface area contributed by atoms with Crippen molar-refractivity contribution in [2.24, 2.45) is 0 Å². The van der Waals surface area contributed by atoms with Crippen LogP contribution in [0.25, 0.3) is 27.6 Å². The minimum atomic E-state index is -4.46. The van der Waals surface area contributed by atoms with Crippen molar-refractivity contribution in [1.29, 1.82) is 0 Å². The van der Waals surface area contributed by atoms with Gasteiger partial charge in [0, 0.05) is 10.9 Å². The van der Waals surface area contributed by atoms with Gasteiger partial charge in [-0.1, -0.05) is 17.7 Å². The summed E-state index contributed by atoms with van der Waals surface area (Å²) in [5.74, 6) is -10.2. The third-order valence-corrected chi connectivity index (χ3v) is 10.0. The van der Waals surface area contributed by atoms with Crippen molar-refractivity contribution in [3.63, 3.8) is 0 Å². The number of nitrogens with one attached hydrogen (secondary N) is 1. The molecule has 0 radical (unpaired) electrons. The Morgan fingerprint density at radius 2 is 1.60 bits per heavy atom. The first-order valence-corrected chi connectivity index (χ1v) is 15.9. The number of benzene rings is 3. The molecular formula is C32H25F4N7O4S. The van der Waals surface area contributed by atoms with Crippen LogP contribution in [0.4, 0.5) is 23.4 Å². The number of likely N-dealkylation sites (tertiary alicyclic amines) is 1. The number of halogens is 4. The van der Waals surface area contributed by atoms with Crippen molar-refractivity contribution >= 4 is 49.5 Å². The molecule has 3 N–H and O–H groups in total. The number of aromatic amines is 1. The smallest absolute Gasteiger partial charge is 0.329 e. The summed E-state index contributed by atoms with van der Waals surface area (Å²) in [4.78, 5) is 34.9. The maximum atomic E-state index is 14.1. The zero-order chi connectivity index (χ0) is 34.3. The van der Waals surface area contributed by atoms with Crippen molar-refractivity contribution in [2.75, 3.05) is 18.8 Å². The molecule has 3 aromatic carbocycles. The van der Waals surface area contributed by atoms with Gasteiger partial charge < -0.3 is 15.6 Å². The second kappa shape index (κ2) is 10.5. The number of nitrogen functional groups attached to an aromatic ring is 1. The summed E-state index contributed by atoms with van der Waals surface area (Å²) in [6, 6.07) is 15.8. The summed E-state index contributed by atoms with van der Waals surface area (Å²) in [5, 5.41) is 4.33. The SMILES string of the molecule is Cc1ccc(S(=O)(=O)n2c(C(=O)c3cnn(-c4ccc5nc(C)[nH]c5c4)c3N)cc3cc(C(=O)N4CC(F)(F)C(F)(F)C4)ccc32)cc1. The second-order valence-corrected chi connectivity index (χ2v) is 13.5. The highest BCUT2D eigenvalue weighted by Gasteiger charge is 2.63. The normalized spacial score (nSPS) is 15.8. The summed E-state index contributed by atoms with van der Waals surface area (Å²) in [6.07, 6.45) is 1.20. The molecule has 0 saturated carbocycles. The van der Waals surface area contributed by atoms with Crippen molar-refractivity contribution in [2.45, 2.75) is 30.6 Å². The van der Waals surface area contributed by atoms with Crippen molar-refractivity contribution in [3.8, 4) is 5.69 Å². The number of rotatable bonds is 6. The van der Waals surface area contributed by atoms with Crippen LogP contribution >= 0.6 is 0 Å². The number of alkyl halides is 4. The average molecular weight is 680 g/mol. The third kappa shape index (κ3) is 4.82. The van der Waals surface area contributed by atoms with E-state index in [1.54, 1.807) is 44.2 Å². The van der Waals surface area contributed by atoms with Crippen LogP contribution < -0.4 is 5.73 Å². The maximum Gasteiger partial charge on any atom is 0.329 e. The van der Waals surface area contributed by atoms with Gasteiger partial charge in [0.1, 0.15) is 17.3 Å². The molecule has 1 amide bonds. The molecule has 6 aromatic rings. The minimum Gasteiger partial charge on any atom is -0.383 e. The molecule has 0 spiro atoms. The zero-order valence-electron chi connectivity index (χ0n) is 25.2. The molecule has 1 saturated heterocycles. The summed E-state index contributed by atoms with van der Waals surface area (Å²) in [7, 11) is -4.46. The van der Waals surface area contributed by atoms with E-state index in [4.69, 9.17) is 5.73 Å². The molecule has 48 heavy (non-hydrogen) atoms. The number of anilines is 1. The van der Waals surface area contributed by atoms with Crippen LogP contribution in [0, 0.1) is 13.8 Å². The van der Waals surface area contributed by atoms with Crippen LogP contribution in [0.1, 0.15) is 37.8 Å². The lowest BCUT2D eigenvalue weighted by Gasteiger charge is -2.15. The van der Waals surface area contributed by atoms with E-state index in [0.29, 0.717) is 27.4 Å². The zero-order valence-corrected chi connectivity index (χ0v) is 26.0. The van der Waals surface area contributed by atoms with Gasteiger partial charge in [-0.25, -0.2) is 22.1 Å². The number of nitrogens with zero attached hydrogens (tertiary/aromatic N) is 5. The van der Waals surface area contributed by atoms with Crippen molar-refractivity contribution < 1.29 is 35.6 Å². The van der Waals surface area contributed by atoms with Crippen LogP contribution in [-0.2, 0) is 10.0 Å². The largest absolute Gasteiger partial charge is 0.383 e. The lowest BCUT2D eigenvalue weighted by molar-refractivity contribution is -0.172. The van der Waals surface area contributed by atoms with Gasteiger partial charge in [0.2, 0.25) is 5.78 Å². The van der Waals surface area contributed by atoms with Crippen LogP contribution in [0.15, 0.2) is 77.8 Å². The Labute approximate surface area is 269 Å². The van der Waals surface area contributed by atoms with Gasteiger partial charge in [0.15, 0.2) is 0 Å². The number of amides is 1. The molecule has 16 heteroatoms. The molecule has 3 aromatic heterocycles. The van der Waals surface area contributed by atoms with Crippen molar-refractivity contribution in [3.05, 3.63) is 101 Å². The highest BCUT2D eigenvalue weighted by Crippen LogP contribution is 2.41. The van der Waals surface area contributed by atoms with Crippen LogP contribution in [-0.4, -0.2) is 73.7 Å². The van der Waals surface area contributed by atoms with Crippen LogP contribution in [0.2, 0.25) is 0 Å². The first-order chi connectivity index (χ1) is 22.6. The monoisotopic (exact) mass is 679 g/mol. The van der Waals surface area contributed by atoms with E-state index in [1.807, 2.05) is 0 Å². The van der Waals surface area contributed by atoms with Gasteiger partial charge >= 0.3 is 11.8 Å². The van der Waals surface area contributed by atoms with E-state index in [9.17, 15) is 35.6 Å². The number of aromatic nitrogens is 5. The van der Waals surface area contributed by atoms with E-state index in [0.717, 1.165) is 15.6 Å². The van der Waals surface area contributed by atoms with E-state index in [1.165, 1.54) is 41.2 Å². The molecule has 0 atom stereocenters. The van der Waals surface area contributed by atoms with E-state index in [-0.39, 0.29) is 38.4 Å². The van der Waals surface area contributed by atoms with Crippen molar-refractivity contribution in [1.82, 2.24) is 28.6 Å². The van der Waals surface area contributed by atoms with Crippen LogP contribution in [0.3, 0.4) is 0 Å². The van der Waals surface area contributed by atoms with Gasteiger partial charge in [-0.2, -0.15) is 22.7 Å². The molecule has 0 unspecified atom stereocenters. The van der Waals surface area contributed by atoms with Gasteiger partial charge in [0.25, 0.3) is 15.9 Å². The predicted molar refractivity (Wildman–Crippen MR) is 167 cm³/mol. The Morgan fingerprint density at radius 1 is 0.917 bits per heavy atom. The Bertz CT molecular complexity index is 2400.